The quantitative estimate of drug-likeness (QED) is 0.409. The van der Waals surface area contributed by atoms with E-state index in [1.54, 1.807) is 0 Å². The number of carbonyl (C=O) groups is 1. The lowest BCUT2D eigenvalue weighted by Gasteiger charge is -2.15. The molecule has 0 N–H and O–H groups in total. The fourth-order valence-corrected chi connectivity index (χ4v) is 0.411. The van der Waals surface area contributed by atoms with Crippen molar-refractivity contribution >= 4 is 17.6 Å². The Morgan fingerprint density at radius 3 is 2.46 bits per heavy atom. The molecule has 2 nitrogen and oxygen atoms in total. The smallest absolute Gasteiger partial charge is 0.333 e. The highest BCUT2D eigenvalue weighted by atomic mass is 35.5. The van der Waals surface area contributed by atoms with Gasteiger partial charge in [0.15, 0.2) is 6.61 Å². The number of alkyl halides is 4. The van der Waals surface area contributed by atoms with Crippen LogP contribution < -0.4 is 0 Å². The molecule has 0 saturated heterocycles. The molecule has 0 heterocycles. The molecule has 0 aliphatic heterocycles. The zero-order valence-corrected chi connectivity index (χ0v) is 7.58. The minimum atomic E-state index is -3.87. The summed E-state index contributed by atoms with van der Waals surface area (Å²) in [7, 11) is 0. The molecule has 0 aromatic carbocycles. The second-order valence-corrected chi connectivity index (χ2v) is 2.80. The summed E-state index contributed by atoms with van der Waals surface area (Å²) in [5.74, 6) is -4.87. The molecule has 1 atom stereocenters. The van der Waals surface area contributed by atoms with E-state index in [2.05, 4.69) is 22.9 Å². The first-order chi connectivity index (χ1) is 5.77. The summed E-state index contributed by atoms with van der Waals surface area (Å²) in [6.07, 6.45) is 0. The molecule has 76 valence electrons. The van der Waals surface area contributed by atoms with E-state index in [-0.39, 0.29) is 5.57 Å². The highest BCUT2D eigenvalue weighted by molar-refractivity contribution is 6.20. The summed E-state index contributed by atoms with van der Waals surface area (Å²) in [5.41, 5.74) is -2.91. The van der Waals surface area contributed by atoms with Crippen molar-refractivity contribution in [2.24, 2.45) is 0 Å². The third-order valence-electron chi connectivity index (χ3n) is 1.06. The number of hydrogen-bond donors (Lipinski definition) is 0. The van der Waals surface area contributed by atoms with Gasteiger partial charge in [-0.25, -0.2) is 9.18 Å². The van der Waals surface area contributed by atoms with Crippen LogP contribution in [-0.4, -0.2) is 24.1 Å². The van der Waals surface area contributed by atoms with Crippen molar-refractivity contribution in [2.75, 3.05) is 6.61 Å². The van der Waals surface area contributed by atoms with Gasteiger partial charge >= 0.3 is 11.9 Å². The molecule has 0 aromatic heterocycles. The van der Waals surface area contributed by atoms with Crippen LogP contribution in [0.2, 0.25) is 0 Å². The minimum Gasteiger partial charge on any atom is -0.456 e. The monoisotopic (exact) mass is 216 g/mol. The van der Waals surface area contributed by atoms with Crippen LogP contribution in [0.25, 0.3) is 0 Å². The summed E-state index contributed by atoms with van der Waals surface area (Å²) < 4.78 is 40.7. The standard InChI is InChI=1S/C7H8ClF3O2/c1-4(2)5(12)13-3-7(10,11)6(8)9/h6H,1,3H2,2H3. The van der Waals surface area contributed by atoms with E-state index >= 15 is 0 Å². The summed E-state index contributed by atoms with van der Waals surface area (Å²) in [6.45, 7) is 3.05. The van der Waals surface area contributed by atoms with Crippen LogP contribution in [0, 0.1) is 0 Å². The molecule has 1 unspecified atom stereocenters. The van der Waals surface area contributed by atoms with Gasteiger partial charge in [-0.1, -0.05) is 18.2 Å². The van der Waals surface area contributed by atoms with Crippen LogP contribution in [0.3, 0.4) is 0 Å². The fraction of sp³-hybridized carbons (Fsp3) is 0.571. The molecule has 0 rings (SSSR count). The lowest BCUT2D eigenvalue weighted by Crippen LogP contribution is -2.32. The van der Waals surface area contributed by atoms with Crippen LogP contribution in [0.5, 0.6) is 0 Å². The topological polar surface area (TPSA) is 26.3 Å². The summed E-state index contributed by atoms with van der Waals surface area (Å²) in [4.78, 5) is 10.6. The van der Waals surface area contributed by atoms with E-state index < -0.39 is 24.1 Å². The van der Waals surface area contributed by atoms with Crippen LogP contribution in [0.1, 0.15) is 6.92 Å². The van der Waals surface area contributed by atoms with Gasteiger partial charge in [-0.15, -0.1) is 0 Å². The van der Waals surface area contributed by atoms with Crippen molar-refractivity contribution in [3.63, 3.8) is 0 Å². The first-order valence-corrected chi connectivity index (χ1v) is 3.69. The molecule has 6 heteroatoms. The molecule has 13 heavy (non-hydrogen) atoms. The van der Waals surface area contributed by atoms with Gasteiger partial charge < -0.3 is 4.74 Å². The average molecular weight is 217 g/mol. The fourth-order valence-electron chi connectivity index (χ4n) is 0.348. The van der Waals surface area contributed by atoms with E-state index in [0.29, 0.717) is 0 Å². The van der Waals surface area contributed by atoms with Crippen molar-refractivity contribution in [1.29, 1.82) is 0 Å². The van der Waals surface area contributed by atoms with Crippen molar-refractivity contribution in [2.45, 2.75) is 18.5 Å². The van der Waals surface area contributed by atoms with Crippen LogP contribution in [-0.2, 0) is 9.53 Å². The zero-order chi connectivity index (χ0) is 10.6. The number of rotatable bonds is 4. The summed E-state index contributed by atoms with van der Waals surface area (Å²) in [6, 6.07) is 0. The van der Waals surface area contributed by atoms with Gasteiger partial charge in [0.05, 0.1) is 0 Å². The highest BCUT2D eigenvalue weighted by Crippen LogP contribution is 2.24. The molecule has 0 saturated carbocycles. The molecular weight excluding hydrogens is 209 g/mol. The third kappa shape index (κ3) is 4.17. The zero-order valence-electron chi connectivity index (χ0n) is 6.82. The van der Waals surface area contributed by atoms with Gasteiger partial charge in [-0.2, -0.15) is 8.78 Å². The molecular formula is C7H8ClF3O2. The largest absolute Gasteiger partial charge is 0.456 e. The number of esters is 1. The number of ether oxygens (including phenoxy) is 1. The third-order valence-corrected chi connectivity index (χ3v) is 1.38. The second-order valence-electron chi connectivity index (χ2n) is 2.42. The SMILES string of the molecule is C=C(C)C(=O)OCC(F)(F)C(F)Cl. The van der Waals surface area contributed by atoms with E-state index in [0.717, 1.165) is 0 Å². The van der Waals surface area contributed by atoms with Gasteiger partial charge in [0.25, 0.3) is 0 Å². The Bertz CT molecular complexity index is 216. The maximum atomic E-state index is 12.4. The Labute approximate surface area is 78.3 Å². The molecule has 0 aliphatic rings. The Balaban J connectivity index is 4.02. The number of halogens is 4. The maximum Gasteiger partial charge on any atom is 0.333 e. The first-order valence-electron chi connectivity index (χ1n) is 3.26. The Kier molecular flexibility index (Phi) is 4.26. The van der Waals surface area contributed by atoms with Gasteiger partial charge in [0, 0.05) is 5.57 Å². The molecule has 0 radical (unpaired) electrons. The number of carbonyl (C=O) groups excluding carboxylic acids is 1. The van der Waals surface area contributed by atoms with E-state index in [1.165, 1.54) is 6.92 Å². The Hall–Kier alpha value is -0.710. The van der Waals surface area contributed by atoms with Gasteiger partial charge in [0.1, 0.15) is 0 Å². The van der Waals surface area contributed by atoms with Crippen LogP contribution in [0.15, 0.2) is 12.2 Å². The second kappa shape index (κ2) is 4.50. The molecule has 0 fully saturated rings. The minimum absolute atomic E-state index is 0.0409. The molecule has 0 aliphatic carbocycles. The Morgan fingerprint density at radius 2 is 2.15 bits per heavy atom. The van der Waals surface area contributed by atoms with Crippen LogP contribution >= 0.6 is 11.6 Å². The molecule has 0 spiro atoms. The van der Waals surface area contributed by atoms with Crippen LogP contribution in [0.4, 0.5) is 13.2 Å². The first kappa shape index (κ1) is 12.3. The summed E-state index contributed by atoms with van der Waals surface area (Å²) >= 11 is 4.50. The van der Waals surface area contributed by atoms with Gasteiger partial charge in [-0.05, 0) is 6.92 Å². The lowest BCUT2D eigenvalue weighted by atomic mass is 10.3. The predicted octanol–water partition coefficient (Wildman–Crippen LogP) is 2.28. The predicted molar refractivity (Wildman–Crippen MR) is 41.5 cm³/mol. The van der Waals surface area contributed by atoms with Crippen molar-refractivity contribution < 1.29 is 22.7 Å². The lowest BCUT2D eigenvalue weighted by molar-refractivity contribution is -0.154. The van der Waals surface area contributed by atoms with Crippen molar-refractivity contribution in [3.05, 3.63) is 12.2 Å². The molecule has 0 bridgehead atoms. The maximum absolute atomic E-state index is 12.4. The average Bonchev–Trinajstić information content (AvgIpc) is 1.99. The Morgan fingerprint density at radius 1 is 1.69 bits per heavy atom. The van der Waals surface area contributed by atoms with E-state index in [9.17, 15) is 18.0 Å². The van der Waals surface area contributed by atoms with E-state index in [4.69, 9.17) is 0 Å². The van der Waals surface area contributed by atoms with Gasteiger partial charge in [-0.3, -0.25) is 0 Å². The van der Waals surface area contributed by atoms with Crippen molar-refractivity contribution in [1.82, 2.24) is 0 Å². The molecule has 0 aromatic rings. The van der Waals surface area contributed by atoms with E-state index in [1.807, 2.05) is 0 Å². The number of hydrogen-bond acceptors (Lipinski definition) is 2. The normalized spacial score (nSPS) is 13.6. The summed E-state index contributed by atoms with van der Waals surface area (Å²) in [5, 5.41) is 0. The van der Waals surface area contributed by atoms with Gasteiger partial charge in [0.2, 0.25) is 5.63 Å². The molecule has 0 amide bonds. The van der Waals surface area contributed by atoms with Crippen molar-refractivity contribution in [3.8, 4) is 0 Å². The highest BCUT2D eigenvalue weighted by Gasteiger charge is 2.40.